The maximum atomic E-state index is 12.7. The first kappa shape index (κ1) is 12.0. The summed E-state index contributed by atoms with van der Waals surface area (Å²) in [4.78, 5) is 8.03. The van der Waals surface area contributed by atoms with E-state index in [1.54, 1.807) is 17.5 Å². The van der Waals surface area contributed by atoms with Crippen LogP contribution in [0.15, 0.2) is 23.7 Å². The molecule has 0 fully saturated rings. The van der Waals surface area contributed by atoms with Crippen molar-refractivity contribution in [1.29, 1.82) is 0 Å². The fourth-order valence-electron chi connectivity index (χ4n) is 1.33. The fourth-order valence-corrected chi connectivity index (χ4v) is 1.99. The number of hydrogen-bond donors (Lipinski definition) is 1. The highest BCUT2D eigenvalue weighted by Gasteiger charge is 2.35. The first-order valence-corrected chi connectivity index (χ1v) is 5.57. The van der Waals surface area contributed by atoms with Gasteiger partial charge in [-0.1, -0.05) is 6.07 Å². The maximum Gasteiger partial charge on any atom is 0.433 e. The summed E-state index contributed by atoms with van der Waals surface area (Å²) in [6, 6.07) is 3.40. The number of nitrogens with zero attached hydrogens (tertiary/aromatic N) is 2. The van der Waals surface area contributed by atoms with Crippen molar-refractivity contribution in [3.63, 3.8) is 0 Å². The van der Waals surface area contributed by atoms with E-state index in [1.165, 1.54) is 11.3 Å². The number of thiophene rings is 1. The van der Waals surface area contributed by atoms with Gasteiger partial charge in [-0.15, -0.1) is 11.3 Å². The predicted molar refractivity (Wildman–Crippen MR) is 58.2 cm³/mol. The highest BCUT2D eigenvalue weighted by Crippen LogP contribution is 2.32. The molecule has 0 atom stereocenters. The topological polar surface area (TPSA) is 51.8 Å². The molecule has 17 heavy (non-hydrogen) atoms. The van der Waals surface area contributed by atoms with E-state index in [0.717, 1.165) is 6.20 Å². The van der Waals surface area contributed by atoms with Crippen molar-refractivity contribution >= 4 is 11.3 Å². The number of alkyl halides is 3. The second-order valence-corrected chi connectivity index (χ2v) is 4.19. The van der Waals surface area contributed by atoms with Crippen LogP contribution in [0, 0.1) is 0 Å². The van der Waals surface area contributed by atoms with Gasteiger partial charge >= 0.3 is 6.18 Å². The molecule has 2 N–H and O–H groups in total. The molecule has 2 aromatic heterocycles. The standard InChI is InChI=1S/C10H8F3N3S/c11-10(12,13)8-6(4-14)5-15-9(16-8)7-2-1-3-17-7/h1-3,5H,4,14H2. The minimum absolute atomic E-state index is 0.0736. The summed E-state index contributed by atoms with van der Waals surface area (Å²) in [6.45, 7) is -0.237. The van der Waals surface area contributed by atoms with Gasteiger partial charge in [-0.3, -0.25) is 0 Å². The first-order valence-electron chi connectivity index (χ1n) is 4.69. The number of nitrogens with two attached hydrogens (primary N) is 1. The van der Waals surface area contributed by atoms with E-state index in [0.29, 0.717) is 4.88 Å². The summed E-state index contributed by atoms with van der Waals surface area (Å²) >= 11 is 1.29. The van der Waals surface area contributed by atoms with Gasteiger partial charge in [0, 0.05) is 18.3 Å². The largest absolute Gasteiger partial charge is 0.433 e. The summed E-state index contributed by atoms with van der Waals surface area (Å²) in [5, 5.41) is 1.75. The van der Waals surface area contributed by atoms with Crippen LogP contribution in [0.3, 0.4) is 0 Å². The Bertz CT molecular complexity index is 508. The molecule has 0 amide bonds. The summed E-state index contributed by atoms with van der Waals surface area (Å²) in [7, 11) is 0. The molecule has 0 aliphatic rings. The van der Waals surface area contributed by atoms with E-state index in [9.17, 15) is 13.2 Å². The van der Waals surface area contributed by atoms with Gasteiger partial charge in [0.2, 0.25) is 0 Å². The smallest absolute Gasteiger partial charge is 0.326 e. The van der Waals surface area contributed by atoms with Crippen molar-refractivity contribution in [2.24, 2.45) is 5.73 Å². The molecule has 2 heterocycles. The van der Waals surface area contributed by atoms with Gasteiger partial charge in [0.15, 0.2) is 11.5 Å². The third-order valence-corrected chi connectivity index (χ3v) is 2.96. The molecule has 0 unspecified atom stereocenters. The molecule has 0 spiro atoms. The van der Waals surface area contributed by atoms with Crippen LogP contribution in [0.5, 0.6) is 0 Å². The molecule has 2 aromatic rings. The first-order chi connectivity index (χ1) is 8.02. The lowest BCUT2D eigenvalue weighted by molar-refractivity contribution is -0.141. The zero-order valence-electron chi connectivity index (χ0n) is 8.53. The van der Waals surface area contributed by atoms with Crippen LogP contribution < -0.4 is 5.73 Å². The van der Waals surface area contributed by atoms with Crippen molar-refractivity contribution in [2.75, 3.05) is 0 Å². The maximum absolute atomic E-state index is 12.7. The Hall–Kier alpha value is -1.47. The lowest BCUT2D eigenvalue weighted by atomic mass is 10.2. The van der Waals surface area contributed by atoms with Gasteiger partial charge < -0.3 is 5.73 Å². The molecule has 2 rings (SSSR count). The van der Waals surface area contributed by atoms with E-state index in [2.05, 4.69) is 9.97 Å². The molecular weight excluding hydrogens is 251 g/mol. The Balaban J connectivity index is 2.53. The molecular formula is C10H8F3N3S. The number of aromatic nitrogens is 2. The highest BCUT2D eigenvalue weighted by atomic mass is 32.1. The van der Waals surface area contributed by atoms with Gasteiger partial charge in [0.1, 0.15) is 0 Å². The van der Waals surface area contributed by atoms with Crippen molar-refractivity contribution in [1.82, 2.24) is 9.97 Å². The molecule has 0 radical (unpaired) electrons. The zero-order valence-corrected chi connectivity index (χ0v) is 9.35. The lowest BCUT2D eigenvalue weighted by Crippen LogP contribution is -2.15. The fraction of sp³-hybridized carbons (Fsp3) is 0.200. The van der Waals surface area contributed by atoms with Crippen LogP contribution in [-0.2, 0) is 12.7 Å². The van der Waals surface area contributed by atoms with Crippen LogP contribution in [0.1, 0.15) is 11.3 Å². The van der Waals surface area contributed by atoms with Gasteiger partial charge in [0.25, 0.3) is 0 Å². The van der Waals surface area contributed by atoms with E-state index in [1.807, 2.05) is 0 Å². The molecule has 0 aromatic carbocycles. The molecule has 90 valence electrons. The average molecular weight is 259 g/mol. The molecule has 0 saturated heterocycles. The van der Waals surface area contributed by atoms with Crippen LogP contribution in [0.25, 0.3) is 10.7 Å². The van der Waals surface area contributed by atoms with Crippen LogP contribution in [0.2, 0.25) is 0 Å². The Morgan fingerprint density at radius 1 is 1.35 bits per heavy atom. The van der Waals surface area contributed by atoms with E-state index in [-0.39, 0.29) is 17.9 Å². The van der Waals surface area contributed by atoms with Gasteiger partial charge in [0.05, 0.1) is 4.88 Å². The van der Waals surface area contributed by atoms with Crippen LogP contribution in [-0.4, -0.2) is 9.97 Å². The Morgan fingerprint density at radius 2 is 2.12 bits per heavy atom. The minimum atomic E-state index is -4.51. The lowest BCUT2D eigenvalue weighted by Gasteiger charge is -2.10. The van der Waals surface area contributed by atoms with Crippen molar-refractivity contribution in [2.45, 2.75) is 12.7 Å². The predicted octanol–water partition coefficient (Wildman–Crippen LogP) is 2.68. The third-order valence-electron chi connectivity index (χ3n) is 2.09. The average Bonchev–Trinajstić information content (AvgIpc) is 2.80. The molecule has 7 heteroatoms. The molecule has 0 bridgehead atoms. The zero-order chi connectivity index (χ0) is 12.5. The second kappa shape index (κ2) is 4.42. The molecule has 0 saturated carbocycles. The molecule has 0 aliphatic heterocycles. The Kier molecular flexibility index (Phi) is 3.12. The summed E-state index contributed by atoms with van der Waals surface area (Å²) < 4.78 is 38.1. The van der Waals surface area contributed by atoms with Crippen LogP contribution >= 0.6 is 11.3 Å². The second-order valence-electron chi connectivity index (χ2n) is 3.25. The summed E-state index contributed by atoms with van der Waals surface area (Å²) in [5.41, 5.74) is 4.18. The van der Waals surface area contributed by atoms with E-state index in [4.69, 9.17) is 5.73 Å². The molecule has 3 nitrogen and oxygen atoms in total. The quantitative estimate of drug-likeness (QED) is 0.902. The normalized spacial score (nSPS) is 11.8. The summed E-state index contributed by atoms with van der Waals surface area (Å²) in [6.07, 6.45) is -3.38. The number of halogens is 3. The Labute approximate surface area is 99.1 Å². The van der Waals surface area contributed by atoms with Crippen molar-refractivity contribution < 1.29 is 13.2 Å². The number of hydrogen-bond acceptors (Lipinski definition) is 4. The number of rotatable bonds is 2. The van der Waals surface area contributed by atoms with Gasteiger partial charge in [-0.25, -0.2) is 9.97 Å². The Morgan fingerprint density at radius 3 is 2.65 bits per heavy atom. The van der Waals surface area contributed by atoms with Gasteiger partial charge in [-0.05, 0) is 11.4 Å². The van der Waals surface area contributed by atoms with E-state index >= 15 is 0 Å². The monoisotopic (exact) mass is 259 g/mol. The summed E-state index contributed by atoms with van der Waals surface area (Å²) in [5.74, 6) is 0.0736. The SMILES string of the molecule is NCc1cnc(-c2cccs2)nc1C(F)(F)F. The van der Waals surface area contributed by atoms with Gasteiger partial charge in [-0.2, -0.15) is 13.2 Å². The van der Waals surface area contributed by atoms with E-state index < -0.39 is 11.9 Å². The third kappa shape index (κ3) is 2.45. The minimum Gasteiger partial charge on any atom is -0.326 e. The highest BCUT2D eigenvalue weighted by molar-refractivity contribution is 7.13. The van der Waals surface area contributed by atoms with Crippen molar-refractivity contribution in [3.8, 4) is 10.7 Å². The van der Waals surface area contributed by atoms with Crippen LogP contribution in [0.4, 0.5) is 13.2 Å². The molecule has 0 aliphatic carbocycles. The van der Waals surface area contributed by atoms with Crippen molar-refractivity contribution in [3.05, 3.63) is 35.0 Å².